The summed E-state index contributed by atoms with van der Waals surface area (Å²) < 4.78 is 16.4. The zero-order valence-electron chi connectivity index (χ0n) is 19.1. The molecule has 4 amide bonds. The van der Waals surface area contributed by atoms with Gasteiger partial charge in [0.1, 0.15) is 5.75 Å². The van der Waals surface area contributed by atoms with E-state index < -0.39 is 30.2 Å². The molecule has 0 spiro atoms. The fraction of sp³-hybridized carbons (Fsp3) is 0.333. The zero-order valence-corrected chi connectivity index (χ0v) is 19.9. The average molecular weight is 489 g/mol. The maximum absolute atomic E-state index is 13.0. The van der Waals surface area contributed by atoms with Gasteiger partial charge >= 0.3 is 17.8 Å². The highest BCUT2D eigenvalue weighted by Crippen LogP contribution is 2.34. The van der Waals surface area contributed by atoms with E-state index in [4.69, 9.17) is 25.8 Å². The van der Waals surface area contributed by atoms with Crippen molar-refractivity contribution in [3.63, 3.8) is 0 Å². The van der Waals surface area contributed by atoms with E-state index in [1.165, 1.54) is 37.4 Å². The Balaban J connectivity index is 1.84. The molecule has 0 bridgehead atoms. The Morgan fingerprint density at radius 1 is 0.882 bits per heavy atom. The summed E-state index contributed by atoms with van der Waals surface area (Å²) in [4.78, 5) is 52.2. The Bertz CT molecular complexity index is 1120. The van der Waals surface area contributed by atoms with E-state index in [9.17, 15) is 19.2 Å². The van der Waals surface area contributed by atoms with E-state index in [1.807, 2.05) is 13.8 Å². The highest BCUT2D eigenvalue weighted by atomic mass is 35.5. The minimum absolute atomic E-state index is 0.140. The molecule has 3 rings (SSSR count). The highest BCUT2D eigenvalue weighted by Gasteiger charge is 2.46. The van der Waals surface area contributed by atoms with Gasteiger partial charge in [0, 0.05) is 11.6 Å². The summed E-state index contributed by atoms with van der Waals surface area (Å²) >= 11 is 6.06. The number of carbonyl (C=O) groups excluding carboxylic acids is 4. The molecule has 2 aromatic carbocycles. The van der Waals surface area contributed by atoms with Crippen LogP contribution in [0.5, 0.6) is 17.2 Å². The molecule has 34 heavy (non-hydrogen) atoms. The number of rotatable bonds is 11. The monoisotopic (exact) mass is 488 g/mol. The molecule has 0 aliphatic carbocycles. The number of amides is 4. The van der Waals surface area contributed by atoms with Gasteiger partial charge in [0.05, 0.1) is 37.6 Å². The van der Waals surface area contributed by atoms with Gasteiger partial charge in [0.25, 0.3) is 0 Å². The molecule has 0 N–H and O–H groups in total. The number of methoxy groups -OCH3 is 1. The van der Waals surface area contributed by atoms with E-state index in [0.717, 1.165) is 17.7 Å². The number of imide groups is 2. The molecule has 1 fully saturated rings. The van der Waals surface area contributed by atoms with Crippen molar-refractivity contribution < 1.29 is 33.4 Å². The molecular formula is C24H25ClN2O7. The minimum atomic E-state index is -1.10. The number of nitrogens with zero attached hydrogens (tertiary/aromatic N) is 2. The van der Waals surface area contributed by atoms with Crippen LogP contribution in [0.2, 0.25) is 5.02 Å². The Morgan fingerprint density at radius 2 is 1.53 bits per heavy atom. The molecular weight excluding hydrogens is 464 g/mol. The molecule has 0 radical (unpaired) electrons. The van der Waals surface area contributed by atoms with Crippen LogP contribution in [-0.4, -0.2) is 55.4 Å². The van der Waals surface area contributed by atoms with E-state index in [2.05, 4.69) is 0 Å². The van der Waals surface area contributed by atoms with Gasteiger partial charge in [-0.3, -0.25) is 14.4 Å². The number of Topliss-reactive ketones (excluding diaryl/α,β-unsaturated/α-hetero) is 1. The maximum atomic E-state index is 13.0. The van der Waals surface area contributed by atoms with Crippen molar-refractivity contribution in [1.29, 1.82) is 0 Å². The quantitative estimate of drug-likeness (QED) is 0.266. The number of halogens is 1. The van der Waals surface area contributed by atoms with Crippen molar-refractivity contribution in [2.24, 2.45) is 0 Å². The van der Waals surface area contributed by atoms with Crippen molar-refractivity contribution >= 4 is 40.9 Å². The number of hydrogen-bond donors (Lipinski definition) is 0. The second-order valence-electron chi connectivity index (χ2n) is 7.41. The molecule has 0 unspecified atom stereocenters. The van der Waals surface area contributed by atoms with Crippen LogP contribution in [0.15, 0.2) is 36.4 Å². The lowest BCUT2D eigenvalue weighted by Gasteiger charge is -2.18. The third-order valence-corrected chi connectivity index (χ3v) is 5.23. The number of ether oxygens (including phenoxy) is 3. The molecule has 10 heteroatoms. The molecule has 0 atom stereocenters. The first-order valence-corrected chi connectivity index (χ1v) is 11.2. The third-order valence-electron chi connectivity index (χ3n) is 4.94. The summed E-state index contributed by atoms with van der Waals surface area (Å²) in [5.74, 6) is -1.53. The van der Waals surface area contributed by atoms with Crippen LogP contribution in [0, 0.1) is 0 Å². The zero-order chi connectivity index (χ0) is 24.8. The van der Waals surface area contributed by atoms with E-state index in [1.54, 1.807) is 6.07 Å². The van der Waals surface area contributed by atoms with Gasteiger partial charge in [0.2, 0.25) is 0 Å². The second kappa shape index (κ2) is 11.0. The van der Waals surface area contributed by atoms with E-state index in [0.29, 0.717) is 35.4 Å². The van der Waals surface area contributed by atoms with Crippen LogP contribution in [0.1, 0.15) is 37.0 Å². The van der Waals surface area contributed by atoms with Crippen LogP contribution >= 0.6 is 11.6 Å². The lowest BCUT2D eigenvalue weighted by atomic mass is 10.1. The Labute approximate surface area is 202 Å². The first-order valence-electron chi connectivity index (χ1n) is 10.8. The molecule has 1 heterocycles. The molecule has 0 saturated carbocycles. The number of benzene rings is 2. The van der Waals surface area contributed by atoms with Crippen molar-refractivity contribution in [3.05, 3.63) is 47.0 Å². The number of hydrogen-bond acceptors (Lipinski definition) is 7. The molecule has 0 aromatic heterocycles. The largest absolute Gasteiger partial charge is 0.495 e. The van der Waals surface area contributed by atoms with E-state index in [-0.39, 0.29) is 16.3 Å². The Kier molecular flexibility index (Phi) is 8.12. The van der Waals surface area contributed by atoms with Gasteiger partial charge in [-0.1, -0.05) is 25.4 Å². The number of carbonyl (C=O) groups is 4. The topological polar surface area (TPSA) is 102 Å². The third kappa shape index (κ3) is 5.14. The first-order chi connectivity index (χ1) is 16.3. The summed E-state index contributed by atoms with van der Waals surface area (Å²) in [5, 5.41) is 0.204. The van der Waals surface area contributed by atoms with Crippen molar-refractivity contribution in [1.82, 2.24) is 4.90 Å². The number of urea groups is 1. The lowest BCUT2D eigenvalue weighted by Crippen LogP contribution is -2.37. The maximum Gasteiger partial charge on any atom is 0.339 e. The number of ketones is 1. The molecule has 2 aromatic rings. The summed E-state index contributed by atoms with van der Waals surface area (Å²) in [7, 11) is 1.44. The van der Waals surface area contributed by atoms with Gasteiger partial charge in [0.15, 0.2) is 17.3 Å². The number of anilines is 1. The van der Waals surface area contributed by atoms with Gasteiger partial charge < -0.3 is 14.2 Å². The molecule has 180 valence electrons. The first kappa shape index (κ1) is 25.0. The van der Waals surface area contributed by atoms with Gasteiger partial charge in [-0.15, -0.1) is 0 Å². The molecule has 1 saturated heterocycles. The normalized spacial score (nSPS) is 13.5. The lowest BCUT2D eigenvalue weighted by molar-refractivity contribution is -0.139. The van der Waals surface area contributed by atoms with Crippen molar-refractivity contribution in [2.45, 2.75) is 26.7 Å². The average Bonchev–Trinajstić information content (AvgIpc) is 3.04. The standard InChI is InChI=1S/C24H25ClN2O7/c1-4-10-33-20-9-7-16(13-21(20)34-11-5-2)27-23(30)22(29)26(24(27)31)14-18(28)15-6-8-19(32-3)17(25)12-15/h6-9,12-13H,4-5,10-11,14H2,1-3H3. The highest BCUT2D eigenvalue weighted by molar-refractivity contribution is 6.53. The van der Waals surface area contributed by atoms with Crippen LogP contribution in [-0.2, 0) is 9.59 Å². The predicted octanol–water partition coefficient (Wildman–Crippen LogP) is 4.10. The van der Waals surface area contributed by atoms with Crippen LogP contribution in [0.4, 0.5) is 10.5 Å². The van der Waals surface area contributed by atoms with Crippen LogP contribution in [0.3, 0.4) is 0 Å². The minimum Gasteiger partial charge on any atom is -0.495 e. The van der Waals surface area contributed by atoms with Crippen LogP contribution in [0.25, 0.3) is 0 Å². The van der Waals surface area contributed by atoms with Gasteiger partial charge in [-0.25, -0.2) is 14.6 Å². The van der Waals surface area contributed by atoms with Crippen molar-refractivity contribution in [3.8, 4) is 17.2 Å². The van der Waals surface area contributed by atoms with Crippen molar-refractivity contribution in [2.75, 3.05) is 31.8 Å². The smallest absolute Gasteiger partial charge is 0.339 e. The molecule has 9 nitrogen and oxygen atoms in total. The predicted molar refractivity (Wildman–Crippen MR) is 125 cm³/mol. The SMILES string of the molecule is CCCOc1ccc(N2C(=O)C(=O)N(CC(=O)c3ccc(OC)c(Cl)c3)C2=O)cc1OCCC. The summed E-state index contributed by atoms with van der Waals surface area (Å²) in [6, 6.07) is 7.95. The van der Waals surface area contributed by atoms with Gasteiger partial charge in [-0.2, -0.15) is 0 Å². The van der Waals surface area contributed by atoms with E-state index >= 15 is 0 Å². The summed E-state index contributed by atoms with van der Waals surface area (Å²) in [6.45, 7) is 4.15. The fourth-order valence-corrected chi connectivity index (χ4v) is 3.50. The summed E-state index contributed by atoms with van der Waals surface area (Å²) in [5.41, 5.74) is 0.311. The molecule has 1 aliphatic heterocycles. The molecule has 1 aliphatic rings. The summed E-state index contributed by atoms with van der Waals surface area (Å²) in [6.07, 6.45) is 1.53. The Morgan fingerprint density at radius 3 is 2.15 bits per heavy atom. The van der Waals surface area contributed by atoms with Crippen LogP contribution < -0.4 is 19.1 Å². The Hall–Kier alpha value is -3.59. The second-order valence-corrected chi connectivity index (χ2v) is 7.82. The van der Waals surface area contributed by atoms with Gasteiger partial charge in [-0.05, 0) is 43.2 Å². The fourth-order valence-electron chi connectivity index (χ4n) is 3.24.